The fraction of sp³-hybridized carbons (Fsp3) is 0.100. The number of nitrogens with zero attached hydrogens (tertiary/aromatic N) is 1. The molecule has 0 atom stereocenters. The zero-order valence-corrected chi connectivity index (χ0v) is 17.0. The van der Waals surface area contributed by atoms with Crippen LogP contribution in [0.1, 0.15) is 15.9 Å². The minimum absolute atomic E-state index is 0.0916. The zero-order chi connectivity index (χ0) is 21.0. The van der Waals surface area contributed by atoms with Crippen molar-refractivity contribution in [2.45, 2.75) is 6.54 Å². The molecule has 0 spiro atoms. The number of amides is 1. The molecule has 1 amide bonds. The monoisotopic (exact) mass is 431 g/mol. The highest BCUT2D eigenvalue weighted by Crippen LogP contribution is 2.24. The zero-order valence-electron chi connectivity index (χ0n) is 15.4. The lowest BCUT2D eigenvalue weighted by Gasteiger charge is -2.10. The molecule has 0 aliphatic rings. The number of benzene rings is 2. The van der Waals surface area contributed by atoms with E-state index in [-0.39, 0.29) is 21.8 Å². The number of anilines is 2. The van der Waals surface area contributed by atoms with Crippen molar-refractivity contribution in [1.82, 2.24) is 4.57 Å². The van der Waals surface area contributed by atoms with Crippen LogP contribution in [0.2, 0.25) is 5.02 Å². The Labute approximate surface area is 173 Å². The standard InChI is InChI=1S/C20H18ClN3O4S/c1-29(27,28)23-18-12-15(7-10-17(18)21)20(26)22-16-8-5-14(6-9-16)13-24-11-3-2-4-19(24)25/h2-12,23H,13H2,1H3,(H,22,26). The molecule has 3 aromatic rings. The van der Waals surface area contributed by atoms with Crippen LogP contribution in [0, 0.1) is 0 Å². The third-order valence-electron chi connectivity index (χ3n) is 3.99. The number of pyridine rings is 1. The number of hydrogen-bond acceptors (Lipinski definition) is 4. The first-order valence-electron chi connectivity index (χ1n) is 8.54. The minimum atomic E-state index is -3.53. The highest BCUT2D eigenvalue weighted by atomic mass is 35.5. The molecule has 0 unspecified atom stereocenters. The third-order valence-corrected chi connectivity index (χ3v) is 4.91. The van der Waals surface area contributed by atoms with E-state index in [4.69, 9.17) is 11.6 Å². The van der Waals surface area contributed by atoms with Gasteiger partial charge in [0, 0.05) is 23.5 Å². The molecule has 2 aromatic carbocycles. The first kappa shape index (κ1) is 20.6. The van der Waals surface area contributed by atoms with Crippen LogP contribution < -0.4 is 15.6 Å². The Hall–Kier alpha value is -3.10. The molecule has 0 saturated heterocycles. The van der Waals surface area contributed by atoms with Crippen molar-refractivity contribution < 1.29 is 13.2 Å². The second kappa shape index (κ2) is 8.50. The van der Waals surface area contributed by atoms with Crippen LogP contribution in [0.3, 0.4) is 0 Å². The Morgan fingerprint density at radius 2 is 1.79 bits per heavy atom. The van der Waals surface area contributed by atoms with Gasteiger partial charge in [-0.1, -0.05) is 29.8 Å². The molecule has 2 N–H and O–H groups in total. The predicted molar refractivity (Wildman–Crippen MR) is 114 cm³/mol. The summed E-state index contributed by atoms with van der Waals surface area (Å²) in [6.45, 7) is 0.422. The Kier molecular flexibility index (Phi) is 6.05. The Morgan fingerprint density at radius 3 is 2.45 bits per heavy atom. The summed E-state index contributed by atoms with van der Waals surface area (Å²) >= 11 is 5.98. The largest absolute Gasteiger partial charge is 0.322 e. The summed E-state index contributed by atoms with van der Waals surface area (Å²) in [4.78, 5) is 24.3. The second-order valence-electron chi connectivity index (χ2n) is 6.39. The number of rotatable bonds is 6. The Balaban J connectivity index is 1.72. The lowest BCUT2D eigenvalue weighted by molar-refractivity contribution is 0.102. The number of sulfonamides is 1. The van der Waals surface area contributed by atoms with Gasteiger partial charge in [-0.05, 0) is 42.0 Å². The number of aromatic nitrogens is 1. The average molecular weight is 432 g/mol. The van der Waals surface area contributed by atoms with Crippen molar-refractivity contribution in [3.63, 3.8) is 0 Å². The summed E-state index contributed by atoms with van der Waals surface area (Å²) in [5.41, 5.74) is 1.76. The molecule has 9 heteroatoms. The maximum Gasteiger partial charge on any atom is 0.255 e. The average Bonchev–Trinajstić information content (AvgIpc) is 2.66. The number of nitrogens with one attached hydrogen (secondary N) is 2. The van der Waals surface area contributed by atoms with Gasteiger partial charge in [0.05, 0.1) is 23.5 Å². The summed E-state index contributed by atoms with van der Waals surface area (Å²) in [7, 11) is -3.53. The lowest BCUT2D eigenvalue weighted by Crippen LogP contribution is -2.18. The summed E-state index contributed by atoms with van der Waals surface area (Å²) in [5.74, 6) is -0.412. The van der Waals surface area contributed by atoms with Crippen molar-refractivity contribution in [2.24, 2.45) is 0 Å². The smallest absolute Gasteiger partial charge is 0.255 e. The van der Waals surface area contributed by atoms with E-state index in [9.17, 15) is 18.0 Å². The quantitative estimate of drug-likeness (QED) is 0.626. The lowest BCUT2D eigenvalue weighted by atomic mass is 10.1. The summed E-state index contributed by atoms with van der Waals surface area (Å²) in [6.07, 6.45) is 2.71. The number of carbonyl (C=O) groups is 1. The molecule has 0 bridgehead atoms. The number of hydrogen-bond donors (Lipinski definition) is 2. The van der Waals surface area contributed by atoms with Crippen LogP contribution in [0.25, 0.3) is 0 Å². The molecule has 3 rings (SSSR count). The SMILES string of the molecule is CS(=O)(=O)Nc1cc(C(=O)Nc2ccc(Cn3ccccc3=O)cc2)ccc1Cl. The summed E-state index contributed by atoms with van der Waals surface area (Å²) < 4.78 is 26.7. The van der Waals surface area contributed by atoms with E-state index >= 15 is 0 Å². The van der Waals surface area contributed by atoms with Crippen LogP contribution in [0.4, 0.5) is 11.4 Å². The predicted octanol–water partition coefficient (Wildman–Crippen LogP) is 3.17. The van der Waals surface area contributed by atoms with E-state index in [0.717, 1.165) is 11.8 Å². The van der Waals surface area contributed by atoms with Gasteiger partial charge in [-0.2, -0.15) is 0 Å². The van der Waals surface area contributed by atoms with Gasteiger partial charge in [0.15, 0.2) is 0 Å². The van der Waals surface area contributed by atoms with Gasteiger partial charge in [0.2, 0.25) is 10.0 Å². The number of halogens is 1. The van der Waals surface area contributed by atoms with Crippen molar-refractivity contribution in [2.75, 3.05) is 16.3 Å². The normalized spacial score (nSPS) is 11.1. The van der Waals surface area contributed by atoms with Crippen molar-refractivity contribution >= 4 is 38.9 Å². The van der Waals surface area contributed by atoms with E-state index in [2.05, 4.69) is 10.0 Å². The van der Waals surface area contributed by atoms with Gasteiger partial charge in [0.25, 0.3) is 11.5 Å². The molecule has 0 saturated carbocycles. The molecule has 0 fully saturated rings. The van der Waals surface area contributed by atoms with Crippen LogP contribution in [-0.2, 0) is 16.6 Å². The second-order valence-corrected chi connectivity index (χ2v) is 8.54. The van der Waals surface area contributed by atoms with Gasteiger partial charge in [0.1, 0.15) is 0 Å². The fourth-order valence-corrected chi connectivity index (χ4v) is 3.42. The van der Waals surface area contributed by atoms with Gasteiger partial charge in [-0.15, -0.1) is 0 Å². The van der Waals surface area contributed by atoms with E-state index in [1.807, 2.05) is 12.1 Å². The third kappa shape index (κ3) is 5.69. The van der Waals surface area contributed by atoms with Gasteiger partial charge >= 0.3 is 0 Å². The van der Waals surface area contributed by atoms with Crippen molar-refractivity contribution in [3.05, 3.63) is 93.4 Å². The summed E-state index contributed by atoms with van der Waals surface area (Å²) in [6, 6.07) is 16.4. The fourth-order valence-electron chi connectivity index (χ4n) is 2.63. The summed E-state index contributed by atoms with van der Waals surface area (Å²) in [5, 5.41) is 2.93. The first-order valence-corrected chi connectivity index (χ1v) is 10.8. The molecule has 7 nitrogen and oxygen atoms in total. The van der Waals surface area contributed by atoms with Crippen LogP contribution >= 0.6 is 11.6 Å². The van der Waals surface area contributed by atoms with Gasteiger partial charge < -0.3 is 9.88 Å². The van der Waals surface area contributed by atoms with Gasteiger partial charge in [-0.3, -0.25) is 14.3 Å². The number of carbonyl (C=O) groups excluding carboxylic acids is 1. The maximum atomic E-state index is 12.5. The molecule has 0 radical (unpaired) electrons. The first-order chi connectivity index (χ1) is 13.7. The highest BCUT2D eigenvalue weighted by Gasteiger charge is 2.12. The molecular weight excluding hydrogens is 414 g/mol. The van der Waals surface area contributed by atoms with Gasteiger partial charge in [-0.25, -0.2) is 8.42 Å². The van der Waals surface area contributed by atoms with E-state index in [1.54, 1.807) is 35.0 Å². The Bertz CT molecular complexity index is 1200. The van der Waals surface area contributed by atoms with Crippen molar-refractivity contribution in [3.8, 4) is 0 Å². The molecule has 29 heavy (non-hydrogen) atoms. The van der Waals surface area contributed by atoms with E-state index < -0.39 is 15.9 Å². The maximum absolute atomic E-state index is 12.5. The topological polar surface area (TPSA) is 97.3 Å². The highest BCUT2D eigenvalue weighted by molar-refractivity contribution is 7.92. The van der Waals surface area contributed by atoms with Crippen LogP contribution in [-0.4, -0.2) is 25.1 Å². The Morgan fingerprint density at radius 1 is 1.07 bits per heavy atom. The molecule has 0 aliphatic carbocycles. The van der Waals surface area contributed by atoms with Crippen LogP contribution in [0.15, 0.2) is 71.7 Å². The molecule has 150 valence electrons. The molecular formula is C20H18ClN3O4S. The van der Waals surface area contributed by atoms with Crippen molar-refractivity contribution in [1.29, 1.82) is 0 Å². The molecule has 0 aliphatic heterocycles. The minimum Gasteiger partial charge on any atom is -0.322 e. The van der Waals surface area contributed by atoms with Crippen LogP contribution in [0.5, 0.6) is 0 Å². The van der Waals surface area contributed by atoms with E-state index in [1.165, 1.54) is 24.3 Å². The molecule has 1 heterocycles. The van der Waals surface area contributed by atoms with E-state index in [0.29, 0.717) is 12.2 Å². The molecule has 1 aromatic heterocycles.